The maximum Gasteiger partial charge on any atom is 0.199 e. The van der Waals surface area contributed by atoms with E-state index in [1.807, 2.05) is 18.2 Å². The van der Waals surface area contributed by atoms with Crippen molar-refractivity contribution in [2.45, 2.75) is 37.2 Å². The van der Waals surface area contributed by atoms with Crippen molar-refractivity contribution < 1.29 is 13.5 Å². The number of rotatable bonds is 4. The van der Waals surface area contributed by atoms with E-state index in [4.69, 9.17) is 10.00 Å². The van der Waals surface area contributed by atoms with Gasteiger partial charge < -0.3 is 4.74 Å². The van der Waals surface area contributed by atoms with Crippen molar-refractivity contribution in [2.24, 2.45) is 0 Å². The molecule has 0 N–H and O–H groups in total. The number of nitrogens with zero attached hydrogens (tertiary/aromatic N) is 1. The molecule has 4 heteroatoms. The summed E-state index contributed by atoms with van der Waals surface area (Å²) in [5.41, 5.74) is 0.730. The van der Waals surface area contributed by atoms with Crippen molar-refractivity contribution in [3.05, 3.63) is 59.7 Å². The average molecular weight is 303 g/mol. The summed E-state index contributed by atoms with van der Waals surface area (Å²) >= 11 is 0. The van der Waals surface area contributed by atoms with Gasteiger partial charge in [-0.25, -0.2) is 4.39 Å². The van der Waals surface area contributed by atoms with E-state index in [0.29, 0.717) is 5.92 Å². The van der Waals surface area contributed by atoms with Crippen LogP contribution in [0.5, 0.6) is 0 Å². The number of nitriles is 1. The first kappa shape index (κ1) is 16.4. The number of allylic oxidation sites excluding steroid dienone is 3. The highest BCUT2D eigenvalue weighted by atomic mass is 19.1. The van der Waals surface area contributed by atoms with E-state index >= 15 is 0 Å². The molecule has 0 amide bonds. The average Bonchev–Trinajstić information content (AvgIpc) is 2.56. The Morgan fingerprint density at radius 2 is 1.95 bits per heavy atom. The maximum absolute atomic E-state index is 13.0. The second kappa shape index (κ2) is 7.33. The van der Waals surface area contributed by atoms with Crippen LogP contribution >= 0.6 is 0 Å². The van der Waals surface area contributed by atoms with Gasteiger partial charge in [-0.3, -0.25) is 0 Å². The summed E-state index contributed by atoms with van der Waals surface area (Å²) in [6.07, 6.45) is 7.98. The molecule has 2 nitrogen and oxygen atoms in total. The van der Waals surface area contributed by atoms with Gasteiger partial charge in [-0.2, -0.15) is 9.65 Å². The van der Waals surface area contributed by atoms with Gasteiger partial charge in [-0.1, -0.05) is 24.3 Å². The van der Waals surface area contributed by atoms with Crippen molar-refractivity contribution in [2.75, 3.05) is 7.11 Å². The van der Waals surface area contributed by atoms with Crippen LogP contribution < -0.4 is 0 Å². The van der Waals surface area contributed by atoms with Crippen LogP contribution in [-0.4, -0.2) is 12.7 Å². The predicted octanol–water partition coefficient (Wildman–Crippen LogP) is 4.80. The van der Waals surface area contributed by atoms with Crippen molar-refractivity contribution in [3.63, 3.8) is 0 Å². The fourth-order valence-electron chi connectivity index (χ4n) is 2.96. The fraction of sp³-hybridized carbons (Fsp3) is 0.389. The van der Waals surface area contributed by atoms with E-state index in [2.05, 4.69) is 0 Å². The van der Waals surface area contributed by atoms with Gasteiger partial charge in [0.2, 0.25) is 0 Å². The molecule has 0 bridgehead atoms. The van der Waals surface area contributed by atoms with Crippen LogP contribution in [0.1, 0.15) is 37.2 Å². The minimum absolute atomic E-state index is 0.222. The highest BCUT2D eigenvalue weighted by Crippen LogP contribution is 2.40. The molecule has 1 aliphatic carbocycles. The zero-order chi connectivity index (χ0) is 16.0. The van der Waals surface area contributed by atoms with Crippen molar-refractivity contribution in [3.8, 4) is 6.07 Å². The van der Waals surface area contributed by atoms with Crippen LogP contribution in [0.3, 0.4) is 0 Å². The van der Waals surface area contributed by atoms with Crippen LogP contribution in [0.15, 0.2) is 48.3 Å². The molecule has 1 aromatic rings. The SMILES string of the molecule is COC1(C=CC=C(F)C#N)CCC(c2ccc(F)cc2)CC1. The minimum Gasteiger partial charge on any atom is -0.374 e. The Morgan fingerprint density at radius 3 is 2.50 bits per heavy atom. The smallest absolute Gasteiger partial charge is 0.199 e. The van der Waals surface area contributed by atoms with Crippen LogP contribution in [0.25, 0.3) is 0 Å². The summed E-state index contributed by atoms with van der Waals surface area (Å²) in [6.45, 7) is 0. The van der Waals surface area contributed by atoms with E-state index in [1.165, 1.54) is 18.2 Å². The predicted molar refractivity (Wildman–Crippen MR) is 81.3 cm³/mol. The summed E-state index contributed by atoms with van der Waals surface area (Å²) in [5, 5.41) is 8.39. The molecule has 0 radical (unpaired) electrons. The van der Waals surface area contributed by atoms with Crippen LogP contribution in [0, 0.1) is 17.1 Å². The monoisotopic (exact) mass is 303 g/mol. The number of hydrogen-bond donors (Lipinski definition) is 0. The second-order valence-electron chi connectivity index (χ2n) is 5.58. The first-order chi connectivity index (χ1) is 10.6. The number of hydrogen-bond acceptors (Lipinski definition) is 2. The lowest BCUT2D eigenvalue weighted by atomic mass is 9.76. The van der Waals surface area contributed by atoms with E-state index in [9.17, 15) is 8.78 Å². The fourth-order valence-corrected chi connectivity index (χ4v) is 2.96. The largest absolute Gasteiger partial charge is 0.374 e. The van der Waals surface area contributed by atoms with Crippen LogP contribution in [0.4, 0.5) is 8.78 Å². The third-order valence-corrected chi connectivity index (χ3v) is 4.33. The molecule has 0 unspecified atom stereocenters. The molecule has 0 atom stereocenters. The van der Waals surface area contributed by atoms with E-state index in [0.717, 1.165) is 37.3 Å². The number of halogens is 2. The summed E-state index contributed by atoms with van der Waals surface area (Å²) in [7, 11) is 1.65. The van der Waals surface area contributed by atoms with Gasteiger partial charge in [0.25, 0.3) is 0 Å². The van der Waals surface area contributed by atoms with Gasteiger partial charge in [0.05, 0.1) is 5.60 Å². The first-order valence-corrected chi connectivity index (χ1v) is 7.34. The molecule has 0 aromatic heterocycles. The molecule has 1 aromatic carbocycles. The van der Waals surface area contributed by atoms with E-state index in [1.54, 1.807) is 13.2 Å². The molecule has 0 heterocycles. The van der Waals surface area contributed by atoms with Crippen LogP contribution in [0.2, 0.25) is 0 Å². The third kappa shape index (κ3) is 4.02. The topological polar surface area (TPSA) is 33.0 Å². The zero-order valence-corrected chi connectivity index (χ0v) is 12.6. The van der Waals surface area contributed by atoms with Gasteiger partial charge in [-0.05, 0) is 55.4 Å². The molecule has 0 spiro atoms. The van der Waals surface area contributed by atoms with E-state index < -0.39 is 11.4 Å². The molecule has 116 valence electrons. The maximum atomic E-state index is 13.0. The van der Waals surface area contributed by atoms with Crippen LogP contribution in [-0.2, 0) is 4.74 Å². The zero-order valence-electron chi connectivity index (χ0n) is 12.6. The molecule has 0 aliphatic heterocycles. The first-order valence-electron chi connectivity index (χ1n) is 7.34. The molecule has 0 saturated heterocycles. The Kier molecular flexibility index (Phi) is 5.46. The molecule has 1 saturated carbocycles. The lowest BCUT2D eigenvalue weighted by molar-refractivity contribution is -0.00221. The summed E-state index contributed by atoms with van der Waals surface area (Å²) < 4.78 is 31.4. The van der Waals surface area contributed by atoms with Gasteiger partial charge in [0.15, 0.2) is 5.83 Å². The highest BCUT2D eigenvalue weighted by molar-refractivity contribution is 5.24. The molecule has 22 heavy (non-hydrogen) atoms. The van der Waals surface area contributed by atoms with Gasteiger partial charge in [0, 0.05) is 7.11 Å². The number of benzene rings is 1. The quantitative estimate of drug-likeness (QED) is 0.591. The summed E-state index contributed by atoms with van der Waals surface area (Å²) in [6, 6.07) is 8.08. The number of methoxy groups -OCH3 is 1. The normalized spacial score (nSPS) is 26.1. The highest BCUT2D eigenvalue weighted by Gasteiger charge is 2.33. The molecular formula is C18H19F2NO. The minimum atomic E-state index is -0.817. The molecule has 2 rings (SSSR count). The van der Waals surface area contributed by atoms with Crippen molar-refractivity contribution >= 4 is 0 Å². The van der Waals surface area contributed by atoms with Gasteiger partial charge >= 0.3 is 0 Å². The molecule has 1 fully saturated rings. The molecular weight excluding hydrogens is 284 g/mol. The van der Waals surface area contributed by atoms with Gasteiger partial charge in [0.1, 0.15) is 11.9 Å². The van der Waals surface area contributed by atoms with E-state index in [-0.39, 0.29) is 5.82 Å². The van der Waals surface area contributed by atoms with Crippen molar-refractivity contribution in [1.82, 2.24) is 0 Å². The lowest BCUT2D eigenvalue weighted by Gasteiger charge is -2.37. The van der Waals surface area contributed by atoms with Crippen molar-refractivity contribution in [1.29, 1.82) is 5.26 Å². The Bertz CT molecular complexity index is 591. The Balaban J connectivity index is 2.02. The summed E-state index contributed by atoms with van der Waals surface area (Å²) in [4.78, 5) is 0. The second-order valence-corrected chi connectivity index (χ2v) is 5.58. The third-order valence-electron chi connectivity index (χ3n) is 4.33. The Morgan fingerprint density at radius 1 is 1.32 bits per heavy atom. The lowest BCUT2D eigenvalue weighted by Crippen LogP contribution is -2.33. The Hall–Kier alpha value is -1.99. The number of ether oxygens (including phenoxy) is 1. The summed E-state index contributed by atoms with van der Waals surface area (Å²) in [5.74, 6) is -0.647. The molecule has 1 aliphatic rings. The Labute approximate surface area is 129 Å². The standard InChI is InChI=1S/C18H19F2NO/c1-22-18(10-2-3-17(20)13-21)11-8-15(9-12-18)14-4-6-16(19)7-5-14/h2-7,10,15H,8-9,11-12H2,1H3. The van der Waals surface area contributed by atoms with Gasteiger partial charge in [-0.15, -0.1) is 0 Å².